The minimum absolute atomic E-state index is 0.198. The predicted molar refractivity (Wildman–Crippen MR) is 233 cm³/mol. The van der Waals surface area contributed by atoms with Gasteiger partial charge in [-0.05, 0) is 33.4 Å². The normalized spacial score (nSPS) is 15.6. The molecule has 0 N–H and O–H groups in total. The molecule has 300 valence electrons. The zero-order valence-electron chi connectivity index (χ0n) is 35.7. The zero-order valence-corrected chi connectivity index (χ0v) is 35.7. The maximum atomic E-state index is 6.63. The Morgan fingerprint density at radius 1 is 0.463 bits per heavy atom. The second-order valence-corrected chi connectivity index (χ2v) is 15.2. The molecule has 0 spiro atoms. The van der Waals surface area contributed by atoms with Gasteiger partial charge in [0.25, 0.3) is 0 Å². The Kier molecular flexibility index (Phi) is 35.1. The van der Waals surface area contributed by atoms with Gasteiger partial charge in [-0.3, -0.25) is 0 Å². The Bertz CT molecular complexity index is 1280. The van der Waals surface area contributed by atoms with E-state index < -0.39 is 5.79 Å². The maximum Gasteiger partial charge on any atom is 0.168 e. The molecule has 0 aromatic rings. The lowest BCUT2D eigenvalue weighted by Crippen LogP contribution is -2.31. The molecule has 0 radical (unpaired) electrons. The minimum Gasteiger partial charge on any atom is -0.347 e. The highest BCUT2D eigenvalue weighted by Gasteiger charge is 2.40. The van der Waals surface area contributed by atoms with Crippen molar-refractivity contribution >= 4 is 0 Å². The van der Waals surface area contributed by atoms with E-state index in [0.717, 1.165) is 45.1 Å². The van der Waals surface area contributed by atoms with Gasteiger partial charge in [0.2, 0.25) is 0 Å². The van der Waals surface area contributed by atoms with E-state index in [1.807, 2.05) is 6.92 Å². The van der Waals surface area contributed by atoms with E-state index in [9.17, 15) is 0 Å². The summed E-state index contributed by atoms with van der Waals surface area (Å²) in [6.07, 6.45) is 36.9. The van der Waals surface area contributed by atoms with Crippen LogP contribution in [0.25, 0.3) is 0 Å². The molecule has 2 unspecified atom stereocenters. The first kappa shape index (κ1) is 49.3. The van der Waals surface area contributed by atoms with Crippen molar-refractivity contribution in [3.8, 4) is 71.0 Å². The monoisotopic (exact) mass is 738 g/mol. The Morgan fingerprint density at radius 3 is 1.24 bits per heavy atom. The second-order valence-electron chi connectivity index (χ2n) is 15.2. The summed E-state index contributed by atoms with van der Waals surface area (Å²) in [4.78, 5) is 2.23. The van der Waals surface area contributed by atoms with Crippen LogP contribution in [-0.4, -0.2) is 44.0 Å². The van der Waals surface area contributed by atoms with Crippen molar-refractivity contribution in [2.45, 2.75) is 225 Å². The number of rotatable bonds is 27. The van der Waals surface area contributed by atoms with E-state index in [1.165, 1.54) is 128 Å². The molecule has 0 aromatic carbocycles. The van der Waals surface area contributed by atoms with Crippen molar-refractivity contribution in [1.29, 1.82) is 0 Å². The SMILES string of the molecule is CCC#CCC#CCC#CCC#CCC#CCC#CCCCC1(CCCCCCCCCCCCCCCCCCCCCC)OCC(CCN(C)C)O1. The van der Waals surface area contributed by atoms with E-state index in [1.54, 1.807) is 0 Å². The number of hydrogen-bond donors (Lipinski definition) is 0. The average Bonchev–Trinajstić information content (AvgIpc) is 3.58. The maximum absolute atomic E-state index is 6.63. The molecule has 3 heteroatoms. The van der Waals surface area contributed by atoms with Gasteiger partial charge in [-0.15, -0.1) is 11.8 Å². The van der Waals surface area contributed by atoms with Gasteiger partial charge >= 0.3 is 0 Å². The minimum atomic E-state index is -0.424. The molecule has 1 rings (SSSR count). The molecule has 3 nitrogen and oxygen atoms in total. The van der Waals surface area contributed by atoms with Crippen molar-refractivity contribution in [3.63, 3.8) is 0 Å². The third-order valence-electron chi connectivity index (χ3n) is 9.89. The first-order valence-electron chi connectivity index (χ1n) is 22.3. The van der Waals surface area contributed by atoms with Gasteiger partial charge in [-0.1, -0.05) is 195 Å². The molecule has 0 aliphatic carbocycles. The average molecular weight is 738 g/mol. The topological polar surface area (TPSA) is 21.7 Å². The summed E-state index contributed by atoms with van der Waals surface area (Å²) < 4.78 is 13.1. The highest BCUT2D eigenvalue weighted by molar-refractivity contribution is 5.20. The smallest absolute Gasteiger partial charge is 0.168 e. The first-order chi connectivity index (χ1) is 26.6. The summed E-state index contributed by atoms with van der Waals surface area (Å²) in [7, 11) is 4.25. The molecule has 1 aliphatic heterocycles. The van der Waals surface area contributed by atoms with E-state index in [4.69, 9.17) is 9.47 Å². The lowest BCUT2D eigenvalue weighted by atomic mass is 9.99. The fourth-order valence-corrected chi connectivity index (χ4v) is 6.70. The number of hydrogen-bond acceptors (Lipinski definition) is 3. The van der Waals surface area contributed by atoms with Crippen molar-refractivity contribution in [3.05, 3.63) is 0 Å². The van der Waals surface area contributed by atoms with Gasteiger partial charge in [0.1, 0.15) is 0 Å². The molecular formula is C51H79NO2. The van der Waals surface area contributed by atoms with Crippen LogP contribution in [0.3, 0.4) is 0 Å². The molecule has 0 aromatic heterocycles. The van der Waals surface area contributed by atoms with Crippen LogP contribution < -0.4 is 0 Å². The Balaban J connectivity index is 2.18. The zero-order chi connectivity index (χ0) is 38.9. The molecule has 1 aliphatic rings. The molecule has 1 fully saturated rings. The molecule has 54 heavy (non-hydrogen) atoms. The summed E-state index contributed by atoms with van der Waals surface area (Å²) >= 11 is 0. The predicted octanol–water partition coefficient (Wildman–Crippen LogP) is 12.8. The summed E-state index contributed by atoms with van der Waals surface area (Å²) in [5.74, 6) is 36.6. The molecule has 0 amide bonds. The molecule has 2 atom stereocenters. The van der Waals surface area contributed by atoms with Crippen LogP contribution in [0.15, 0.2) is 0 Å². The summed E-state index contributed by atoms with van der Waals surface area (Å²) in [6.45, 7) is 6.08. The summed E-state index contributed by atoms with van der Waals surface area (Å²) in [6, 6.07) is 0. The lowest BCUT2D eigenvalue weighted by Gasteiger charge is -2.28. The summed E-state index contributed by atoms with van der Waals surface area (Å²) in [5, 5.41) is 0. The molecular weight excluding hydrogens is 659 g/mol. The van der Waals surface area contributed by atoms with Crippen LogP contribution in [-0.2, 0) is 9.47 Å². The highest BCUT2D eigenvalue weighted by atomic mass is 16.7. The second kappa shape index (κ2) is 38.5. The van der Waals surface area contributed by atoms with Crippen LogP contribution in [0.5, 0.6) is 0 Å². The van der Waals surface area contributed by atoms with Crippen molar-refractivity contribution < 1.29 is 9.47 Å². The third kappa shape index (κ3) is 32.7. The lowest BCUT2D eigenvalue weighted by molar-refractivity contribution is -0.179. The van der Waals surface area contributed by atoms with Crippen molar-refractivity contribution in [2.75, 3.05) is 27.2 Å². The van der Waals surface area contributed by atoms with Crippen LogP contribution in [0.4, 0.5) is 0 Å². The van der Waals surface area contributed by atoms with Crippen LogP contribution in [0.2, 0.25) is 0 Å². The standard InChI is InChI=1S/C51H79NO2/c1-5-7-9-11-13-15-17-19-21-23-25-27-29-31-33-35-37-39-41-43-46-51(53-49-50(54-51)45-48-52(3)4)47-44-42-40-38-36-34-32-30-28-26-24-22-20-18-16-14-12-10-8-6-2/h50H,5-7,9,11-13,15,17-19,21,23-25,27,29-31,33,35-37,39,41-49H2,1-4H3. The Labute approximate surface area is 336 Å². The van der Waals surface area contributed by atoms with Gasteiger partial charge in [0, 0.05) is 32.2 Å². The van der Waals surface area contributed by atoms with Gasteiger partial charge < -0.3 is 14.4 Å². The summed E-state index contributed by atoms with van der Waals surface area (Å²) in [5.41, 5.74) is 0. The molecule has 0 saturated carbocycles. The fraction of sp³-hybridized carbons (Fsp3) is 0.765. The Hall–Kier alpha value is -2.76. The largest absolute Gasteiger partial charge is 0.347 e. The van der Waals surface area contributed by atoms with Gasteiger partial charge in [-0.25, -0.2) is 0 Å². The number of ether oxygens (including phenoxy) is 2. The van der Waals surface area contributed by atoms with Gasteiger partial charge in [0.15, 0.2) is 5.79 Å². The number of unbranched alkanes of at least 4 members (excludes halogenated alkanes) is 20. The highest BCUT2D eigenvalue weighted by Crippen LogP contribution is 2.35. The Morgan fingerprint density at radius 2 is 0.833 bits per heavy atom. The van der Waals surface area contributed by atoms with E-state index >= 15 is 0 Å². The quantitative estimate of drug-likeness (QED) is 0.0619. The van der Waals surface area contributed by atoms with Crippen LogP contribution in [0, 0.1) is 71.0 Å². The van der Waals surface area contributed by atoms with Crippen LogP contribution in [0.1, 0.15) is 213 Å². The van der Waals surface area contributed by atoms with Crippen molar-refractivity contribution in [1.82, 2.24) is 4.90 Å². The van der Waals surface area contributed by atoms with Crippen LogP contribution >= 0.6 is 0 Å². The molecule has 0 bridgehead atoms. The van der Waals surface area contributed by atoms with E-state index in [-0.39, 0.29) is 6.10 Å². The number of nitrogens with zero attached hydrogens (tertiary/aromatic N) is 1. The third-order valence-corrected chi connectivity index (χ3v) is 9.89. The molecule has 1 heterocycles. The first-order valence-corrected chi connectivity index (χ1v) is 22.3. The van der Waals surface area contributed by atoms with E-state index in [0.29, 0.717) is 38.7 Å². The molecule has 1 saturated heterocycles. The fourth-order valence-electron chi connectivity index (χ4n) is 6.70. The van der Waals surface area contributed by atoms with Crippen molar-refractivity contribution in [2.24, 2.45) is 0 Å². The van der Waals surface area contributed by atoms with Gasteiger partial charge in [0.05, 0.1) is 44.8 Å². The van der Waals surface area contributed by atoms with Gasteiger partial charge in [-0.2, -0.15) is 0 Å². The van der Waals surface area contributed by atoms with E-state index in [2.05, 4.69) is 97.0 Å².